The van der Waals surface area contributed by atoms with Crippen LogP contribution in [0.25, 0.3) is 0 Å². The van der Waals surface area contributed by atoms with E-state index >= 15 is 0 Å². The smallest absolute Gasteiger partial charge is 0.319 e. The van der Waals surface area contributed by atoms with Gasteiger partial charge in [0.2, 0.25) is 11.8 Å². The van der Waals surface area contributed by atoms with Gasteiger partial charge in [-0.3, -0.25) is 29.4 Å². The number of carbonyl (C=O) groups excluding carboxylic acids is 5. The van der Waals surface area contributed by atoms with Gasteiger partial charge in [0.15, 0.2) is 0 Å². The molecule has 4 rings (SSSR count). The molecular weight excluding hydrogens is 400 g/mol. The summed E-state index contributed by atoms with van der Waals surface area (Å²) in [5.74, 6) is -2.22. The molecule has 1 fully saturated rings. The summed E-state index contributed by atoms with van der Waals surface area (Å²) in [5, 5.41) is 7.60. The number of hydrogen-bond donors (Lipinski definition) is 3. The van der Waals surface area contributed by atoms with Crippen molar-refractivity contribution in [1.82, 2.24) is 15.5 Å². The Bertz CT molecular complexity index is 1130. The Morgan fingerprint density at radius 3 is 2.58 bits per heavy atom. The molecule has 2 aromatic carbocycles. The largest absolute Gasteiger partial charge is 0.334 e. The fourth-order valence-corrected chi connectivity index (χ4v) is 3.71. The van der Waals surface area contributed by atoms with Crippen LogP contribution in [-0.2, 0) is 16.1 Å². The van der Waals surface area contributed by atoms with E-state index in [1.165, 1.54) is 12.1 Å². The SMILES string of the molecule is Cc1cccc(NC(=O)NCc2ccc3c(c2)C(=O)N(C2CCC(=O)NC2=O)C3=O)c1. The molecule has 9 nitrogen and oxygen atoms in total. The molecule has 2 aromatic rings. The molecule has 2 aliphatic heterocycles. The van der Waals surface area contributed by atoms with Gasteiger partial charge in [-0.25, -0.2) is 4.79 Å². The van der Waals surface area contributed by atoms with E-state index in [1.807, 2.05) is 25.1 Å². The van der Waals surface area contributed by atoms with Gasteiger partial charge in [-0.05, 0) is 48.7 Å². The topological polar surface area (TPSA) is 125 Å². The van der Waals surface area contributed by atoms with Crippen LogP contribution >= 0.6 is 0 Å². The summed E-state index contributed by atoms with van der Waals surface area (Å²) in [6.07, 6.45) is 0.165. The van der Waals surface area contributed by atoms with Crippen molar-refractivity contribution < 1.29 is 24.0 Å². The number of imide groups is 2. The number of benzene rings is 2. The van der Waals surface area contributed by atoms with Crippen molar-refractivity contribution in [3.05, 3.63) is 64.7 Å². The number of rotatable bonds is 4. The van der Waals surface area contributed by atoms with Crippen LogP contribution in [0.4, 0.5) is 10.5 Å². The first-order valence-electron chi connectivity index (χ1n) is 9.79. The Morgan fingerprint density at radius 2 is 1.84 bits per heavy atom. The molecule has 6 amide bonds. The molecular formula is C22H20N4O5. The number of carbonyl (C=O) groups is 5. The molecule has 0 spiro atoms. The van der Waals surface area contributed by atoms with Crippen LogP contribution in [-0.4, -0.2) is 40.6 Å². The van der Waals surface area contributed by atoms with Crippen molar-refractivity contribution in [2.24, 2.45) is 0 Å². The van der Waals surface area contributed by atoms with E-state index in [2.05, 4.69) is 16.0 Å². The van der Waals surface area contributed by atoms with Crippen molar-refractivity contribution in [3.8, 4) is 0 Å². The maximum absolute atomic E-state index is 12.8. The van der Waals surface area contributed by atoms with Crippen molar-refractivity contribution in [1.29, 1.82) is 0 Å². The van der Waals surface area contributed by atoms with Gasteiger partial charge in [-0.2, -0.15) is 0 Å². The molecule has 0 saturated carbocycles. The number of fused-ring (bicyclic) bond motifs is 1. The Kier molecular flexibility index (Phi) is 5.24. The summed E-state index contributed by atoms with van der Waals surface area (Å²) >= 11 is 0. The number of amides is 6. The highest BCUT2D eigenvalue weighted by atomic mass is 16.2. The Balaban J connectivity index is 1.44. The predicted octanol–water partition coefficient (Wildman–Crippen LogP) is 1.72. The molecule has 0 aliphatic carbocycles. The Labute approximate surface area is 177 Å². The molecule has 9 heteroatoms. The fourth-order valence-electron chi connectivity index (χ4n) is 3.71. The first-order valence-corrected chi connectivity index (χ1v) is 9.79. The zero-order chi connectivity index (χ0) is 22.1. The van der Waals surface area contributed by atoms with Crippen LogP contribution in [0.15, 0.2) is 42.5 Å². The minimum Gasteiger partial charge on any atom is -0.334 e. The minimum absolute atomic E-state index is 0.0645. The summed E-state index contributed by atoms with van der Waals surface area (Å²) < 4.78 is 0. The van der Waals surface area contributed by atoms with E-state index in [9.17, 15) is 24.0 Å². The van der Waals surface area contributed by atoms with E-state index in [4.69, 9.17) is 0 Å². The molecule has 158 valence electrons. The molecule has 0 aromatic heterocycles. The fraction of sp³-hybridized carbons (Fsp3) is 0.227. The highest BCUT2D eigenvalue weighted by Crippen LogP contribution is 2.28. The molecule has 1 unspecified atom stereocenters. The highest BCUT2D eigenvalue weighted by Gasteiger charge is 2.44. The van der Waals surface area contributed by atoms with Crippen LogP contribution in [0.2, 0.25) is 0 Å². The lowest BCUT2D eigenvalue weighted by atomic mass is 10.0. The maximum atomic E-state index is 12.8. The maximum Gasteiger partial charge on any atom is 0.319 e. The number of nitrogens with zero attached hydrogens (tertiary/aromatic N) is 1. The summed E-state index contributed by atoms with van der Waals surface area (Å²) in [6, 6.07) is 10.6. The monoisotopic (exact) mass is 420 g/mol. The van der Waals surface area contributed by atoms with Crippen LogP contribution in [0.3, 0.4) is 0 Å². The van der Waals surface area contributed by atoms with E-state index in [1.54, 1.807) is 12.1 Å². The van der Waals surface area contributed by atoms with Gasteiger partial charge in [-0.1, -0.05) is 18.2 Å². The lowest BCUT2D eigenvalue weighted by Crippen LogP contribution is -2.54. The van der Waals surface area contributed by atoms with Crippen molar-refractivity contribution in [3.63, 3.8) is 0 Å². The van der Waals surface area contributed by atoms with E-state index in [0.717, 1.165) is 10.5 Å². The summed E-state index contributed by atoms with van der Waals surface area (Å²) in [4.78, 5) is 62.1. The van der Waals surface area contributed by atoms with Gasteiger partial charge in [0.25, 0.3) is 11.8 Å². The zero-order valence-corrected chi connectivity index (χ0v) is 16.7. The number of urea groups is 1. The molecule has 1 saturated heterocycles. The average Bonchev–Trinajstić information content (AvgIpc) is 2.97. The first kappa shape index (κ1) is 20.3. The van der Waals surface area contributed by atoms with Gasteiger partial charge >= 0.3 is 6.03 Å². The standard InChI is InChI=1S/C22H20N4O5/c1-12-3-2-4-14(9-12)24-22(31)23-11-13-5-6-15-16(10-13)21(30)26(20(15)29)17-7-8-18(27)25-19(17)28/h2-6,9-10,17H,7-8,11H2,1H3,(H2,23,24,31)(H,25,27,28). The number of hydrogen-bond acceptors (Lipinski definition) is 5. The van der Waals surface area contributed by atoms with Gasteiger partial charge < -0.3 is 10.6 Å². The molecule has 31 heavy (non-hydrogen) atoms. The molecule has 1 atom stereocenters. The van der Waals surface area contributed by atoms with Crippen molar-refractivity contribution >= 4 is 35.3 Å². The molecule has 3 N–H and O–H groups in total. The van der Waals surface area contributed by atoms with Crippen molar-refractivity contribution in [2.75, 3.05) is 5.32 Å². The summed E-state index contributed by atoms with van der Waals surface area (Å²) in [5.41, 5.74) is 2.67. The Morgan fingerprint density at radius 1 is 1.06 bits per heavy atom. The van der Waals surface area contributed by atoms with Crippen LogP contribution in [0.1, 0.15) is 44.7 Å². The lowest BCUT2D eigenvalue weighted by Gasteiger charge is -2.27. The molecule has 2 aliphatic rings. The summed E-state index contributed by atoms with van der Waals surface area (Å²) in [6.45, 7) is 2.06. The second-order valence-corrected chi connectivity index (χ2v) is 7.50. The lowest BCUT2D eigenvalue weighted by molar-refractivity contribution is -0.136. The number of anilines is 1. The Hall–Kier alpha value is -4.01. The van der Waals surface area contributed by atoms with E-state index in [-0.39, 0.29) is 30.5 Å². The third kappa shape index (κ3) is 4.02. The van der Waals surface area contributed by atoms with E-state index in [0.29, 0.717) is 11.3 Å². The quantitative estimate of drug-likeness (QED) is 0.650. The predicted molar refractivity (Wildman–Crippen MR) is 110 cm³/mol. The molecule has 0 radical (unpaired) electrons. The highest BCUT2D eigenvalue weighted by molar-refractivity contribution is 6.23. The zero-order valence-electron chi connectivity index (χ0n) is 16.7. The molecule has 0 bridgehead atoms. The number of aryl methyl sites for hydroxylation is 1. The third-order valence-corrected chi connectivity index (χ3v) is 5.23. The summed E-state index contributed by atoms with van der Waals surface area (Å²) in [7, 11) is 0. The molecule has 2 heterocycles. The second-order valence-electron chi connectivity index (χ2n) is 7.50. The van der Waals surface area contributed by atoms with Gasteiger partial charge in [0.05, 0.1) is 11.1 Å². The van der Waals surface area contributed by atoms with Crippen molar-refractivity contribution in [2.45, 2.75) is 32.4 Å². The van der Waals surface area contributed by atoms with Crippen LogP contribution in [0.5, 0.6) is 0 Å². The average molecular weight is 420 g/mol. The van der Waals surface area contributed by atoms with E-state index < -0.39 is 35.7 Å². The third-order valence-electron chi connectivity index (χ3n) is 5.23. The second kappa shape index (κ2) is 8.02. The van der Waals surface area contributed by atoms with Gasteiger partial charge in [0.1, 0.15) is 6.04 Å². The van der Waals surface area contributed by atoms with Gasteiger partial charge in [0, 0.05) is 18.7 Å². The number of nitrogens with one attached hydrogen (secondary N) is 3. The normalized spacial score (nSPS) is 18.0. The van der Waals surface area contributed by atoms with Crippen LogP contribution in [0, 0.1) is 6.92 Å². The van der Waals surface area contributed by atoms with Gasteiger partial charge in [-0.15, -0.1) is 0 Å². The minimum atomic E-state index is -1.01. The van der Waals surface area contributed by atoms with Crippen LogP contribution < -0.4 is 16.0 Å². The number of piperidine rings is 1. The first-order chi connectivity index (χ1) is 14.8.